The lowest BCUT2D eigenvalue weighted by Gasteiger charge is -2.35. The van der Waals surface area contributed by atoms with E-state index >= 15 is 0 Å². The lowest BCUT2D eigenvalue weighted by atomic mass is 10.0. The zero-order valence-electron chi connectivity index (χ0n) is 18.1. The summed E-state index contributed by atoms with van der Waals surface area (Å²) in [7, 11) is 0. The number of esters is 1. The second kappa shape index (κ2) is 7.24. The van der Waals surface area contributed by atoms with Gasteiger partial charge in [0.2, 0.25) is 0 Å². The lowest BCUT2D eigenvalue weighted by molar-refractivity contribution is -0.172. The Kier molecular flexibility index (Phi) is 5.89. The zero-order valence-corrected chi connectivity index (χ0v) is 18.1. The summed E-state index contributed by atoms with van der Waals surface area (Å²) in [5.74, 6) is -1.13. The second-order valence-corrected chi connectivity index (χ2v) is 9.79. The summed E-state index contributed by atoms with van der Waals surface area (Å²) in [5, 5.41) is 0. The van der Waals surface area contributed by atoms with E-state index in [1.807, 2.05) is 62.3 Å². The fourth-order valence-corrected chi connectivity index (χ4v) is 3.76. The van der Waals surface area contributed by atoms with Crippen LogP contribution in [0, 0.1) is 0 Å². The van der Waals surface area contributed by atoms with Gasteiger partial charge in [0.25, 0.3) is 0 Å². The van der Waals surface area contributed by atoms with Crippen molar-refractivity contribution < 1.29 is 28.5 Å². The van der Waals surface area contributed by atoms with Crippen LogP contribution in [0.4, 0.5) is 4.79 Å². The van der Waals surface area contributed by atoms with Crippen LogP contribution in [0.5, 0.6) is 0 Å². The molecule has 0 saturated carbocycles. The van der Waals surface area contributed by atoms with Crippen molar-refractivity contribution in [3.63, 3.8) is 0 Å². The highest BCUT2D eigenvalue weighted by molar-refractivity contribution is 5.74. The monoisotopic (exact) mass is 385 g/mol. The Hall–Kier alpha value is -1.34. The number of likely N-dealkylation sites (tertiary alicyclic amines) is 1. The first-order valence-corrected chi connectivity index (χ1v) is 9.72. The van der Waals surface area contributed by atoms with Crippen LogP contribution in [-0.2, 0) is 23.7 Å². The number of carbonyl (C=O) groups is 2. The first-order valence-electron chi connectivity index (χ1n) is 9.72. The molecule has 7 heteroatoms. The highest BCUT2D eigenvalue weighted by atomic mass is 16.8. The number of carbonyl (C=O) groups excluding carboxylic acids is 2. The third-order valence-electron chi connectivity index (χ3n) is 4.46. The minimum absolute atomic E-state index is 0.0353. The van der Waals surface area contributed by atoms with Gasteiger partial charge in [0, 0.05) is 0 Å². The van der Waals surface area contributed by atoms with Crippen LogP contribution in [-0.4, -0.2) is 58.2 Å². The molecule has 7 nitrogen and oxygen atoms in total. The number of hydrogen-bond donors (Lipinski definition) is 0. The number of rotatable bonds is 3. The first kappa shape index (κ1) is 22.0. The van der Waals surface area contributed by atoms with Crippen LogP contribution in [0.1, 0.15) is 75.2 Å². The fraction of sp³-hybridized carbons (Fsp3) is 0.900. The molecule has 0 aromatic heterocycles. The van der Waals surface area contributed by atoms with Crippen molar-refractivity contribution in [3.05, 3.63) is 0 Å². The molecule has 0 radical (unpaired) electrons. The molecule has 0 aliphatic carbocycles. The van der Waals surface area contributed by atoms with Crippen molar-refractivity contribution in [1.82, 2.24) is 4.90 Å². The van der Waals surface area contributed by atoms with Gasteiger partial charge >= 0.3 is 12.1 Å². The van der Waals surface area contributed by atoms with Gasteiger partial charge in [0.05, 0.1) is 18.5 Å². The molecule has 2 aliphatic rings. The molecule has 4 atom stereocenters. The van der Waals surface area contributed by atoms with Gasteiger partial charge in [-0.15, -0.1) is 0 Å². The van der Waals surface area contributed by atoms with Crippen molar-refractivity contribution in [2.75, 3.05) is 0 Å². The molecular weight excluding hydrogens is 350 g/mol. The van der Waals surface area contributed by atoms with E-state index in [2.05, 4.69) is 0 Å². The average Bonchev–Trinajstić information content (AvgIpc) is 2.86. The van der Waals surface area contributed by atoms with Gasteiger partial charge in [0.1, 0.15) is 23.4 Å². The SMILES string of the molecule is CC[C@@H]1[C@H]2OC(C)(C)O[C@H]2C(CC(=O)OC(C)(C)C)N1C(=O)OC(C)(C)C. The molecule has 0 bridgehead atoms. The van der Waals surface area contributed by atoms with Crippen molar-refractivity contribution >= 4 is 12.1 Å². The Morgan fingerprint density at radius 3 is 1.85 bits per heavy atom. The minimum atomic E-state index is -0.755. The Balaban J connectivity index is 2.30. The van der Waals surface area contributed by atoms with Gasteiger partial charge in [-0.05, 0) is 61.8 Å². The van der Waals surface area contributed by atoms with Crippen LogP contribution >= 0.6 is 0 Å². The maximum absolute atomic E-state index is 12.9. The van der Waals surface area contributed by atoms with Gasteiger partial charge in [0.15, 0.2) is 5.79 Å². The van der Waals surface area contributed by atoms with Gasteiger partial charge in [-0.3, -0.25) is 9.69 Å². The highest BCUT2D eigenvalue weighted by Crippen LogP contribution is 2.43. The van der Waals surface area contributed by atoms with E-state index in [0.717, 1.165) is 0 Å². The fourth-order valence-electron chi connectivity index (χ4n) is 3.76. The van der Waals surface area contributed by atoms with Crippen LogP contribution in [0.15, 0.2) is 0 Å². The molecule has 0 aromatic rings. The van der Waals surface area contributed by atoms with Crippen LogP contribution in [0.2, 0.25) is 0 Å². The standard InChI is InChI=1S/C20H35NO6/c1-10-12-15-16(26-20(8,9)25-15)13(11-14(22)24-18(2,3)4)21(12)17(23)27-19(5,6)7/h12-13,15-16H,10-11H2,1-9H3/t12-,13?,15-,16+/m1/s1. The van der Waals surface area contributed by atoms with Crippen LogP contribution in [0.25, 0.3) is 0 Å². The van der Waals surface area contributed by atoms with Crippen molar-refractivity contribution in [2.45, 2.75) is 116 Å². The summed E-state index contributed by atoms with van der Waals surface area (Å²) < 4.78 is 23.2. The van der Waals surface area contributed by atoms with E-state index < -0.39 is 35.2 Å². The number of fused-ring (bicyclic) bond motifs is 1. The molecule has 1 unspecified atom stereocenters. The lowest BCUT2D eigenvalue weighted by Crippen LogP contribution is -2.49. The third-order valence-corrected chi connectivity index (χ3v) is 4.46. The number of nitrogens with zero attached hydrogens (tertiary/aromatic N) is 1. The maximum atomic E-state index is 12.9. The average molecular weight is 386 g/mol. The molecule has 27 heavy (non-hydrogen) atoms. The summed E-state index contributed by atoms with van der Waals surface area (Å²) in [5.41, 5.74) is -1.23. The molecule has 0 spiro atoms. The predicted octanol–water partition coefficient (Wildman–Crippen LogP) is 3.64. The van der Waals surface area contributed by atoms with E-state index in [4.69, 9.17) is 18.9 Å². The van der Waals surface area contributed by atoms with Crippen LogP contribution in [0.3, 0.4) is 0 Å². The van der Waals surface area contributed by atoms with E-state index in [1.165, 1.54) is 0 Å². The molecule has 2 heterocycles. The summed E-state index contributed by atoms with van der Waals surface area (Å²) in [6.45, 7) is 16.6. The molecule has 156 valence electrons. The Bertz CT molecular complexity index is 574. The van der Waals surface area contributed by atoms with Crippen molar-refractivity contribution in [2.24, 2.45) is 0 Å². The third kappa shape index (κ3) is 5.35. The summed E-state index contributed by atoms with van der Waals surface area (Å²) in [4.78, 5) is 27.1. The quantitative estimate of drug-likeness (QED) is 0.691. The summed E-state index contributed by atoms with van der Waals surface area (Å²) in [6.07, 6.45) is -0.449. The molecule has 2 rings (SSSR count). The zero-order chi connectivity index (χ0) is 20.8. The van der Waals surface area contributed by atoms with Gasteiger partial charge in [-0.1, -0.05) is 6.92 Å². The number of ether oxygens (including phenoxy) is 4. The number of amides is 1. The topological polar surface area (TPSA) is 74.3 Å². The van der Waals surface area contributed by atoms with E-state index in [-0.39, 0.29) is 24.5 Å². The Morgan fingerprint density at radius 2 is 1.41 bits per heavy atom. The molecule has 0 aromatic carbocycles. The predicted molar refractivity (Wildman–Crippen MR) is 100 cm³/mol. The normalized spacial score (nSPS) is 30.2. The first-order chi connectivity index (χ1) is 12.1. The highest BCUT2D eigenvalue weighted by Gasteiger charge is 2.59. The molecule has 2 saturated heterocycles. The maximum Gasteiger partial charge on any atom is 0.410 e. The Morgan fingerprint density at radius 1 is 0.926 bits per heavy atom. The second-order valence-electron chi connectivity index (χ2n) is 9.79. The van der Waals surface area contributed by atoms with Gasteiger partial charge < -0.3 is 18.9 Å². The Labute approximate surface area is 162 Å². The van der Waals surface area contributed by atoms with Crippen molar-refractivity contribution in [1.29, 1.82) is 0 Å². The molecule has 2 fully saturated rings. The molecule has 0 N–H and O–H groups in total. The minimum Gasteiger partial charge on any atom is -0.460 e. The van der Waals surface area contributed by atoms with E-state index in [9.17, 15) is 9.59 Å². The smallest absolute Gasteiger partial charge is 0.410 e. The largest absolute Gasteiger partial charge is 0.460 e. The van der Waals surface area contributed by atoms with Gasteiger partial charge in [-0.2, -0.15) is 0 Å². The molecular formula is C20H35NO6. The van der Waals surface area contributed by atoms with Crippen LogP contribution < -0.4 is 0 Å². The molecule has 2 aliphatic heterocycles. The summed E-state index contributed by atoms with van der Waals surface area (Å²) in [6, 6.07) is -0.717. The van der Waals surface area contributed by atoms with Crippen molar-refractivity contribution in [3.8, 4) is 0 Å². The van der Waals surface area contributed by atoms with Gasteiger partial charge in [-0.25, -0.2) is 4.79 Å². The van der Waals surface area contributed by atoms with E-state index in [1.54, 1.807) is 4.90 Å². The number of hydrogen-bond acceptors (Lipinski definition) is 6. The summed E-state index contributed by atoms with van der Waals surface area (Å²) >= 11 is 0. The molecule has 1 amide bonds. The van der Waals surface area contributed by atoms with E-state index in [0.29, 0.717) is 6.42 Å².